The molecule has 2 N–H and O–H groups in total. The van der Waals surface area contributed by atoms with Crippen molar-refractivity contribution >= 4 is 50.7 Å². The minimum Gasteiger partial charge on any atom is -0.444 e. The van der Waals surface area contributed by atoms with Crippen molar-refractivity contribution in [3.05, 3.63) is 76.7 Å². The molecule has 2 aromatic carbocycles. The Labute approximate surface area is 187 Å². The summed E-state index contributed by atoms with van der Waals surface area (Å²) in [5.41, 5.74) is 2.38. The molecule has 0 aliphatic carbocycles. The molecule has 158 valence electrons. The van der Waals surface area contributed by atoms with Gasteiger partial charge in [-0.25, -0.2) is 0 Å². The molecule has 1 aliphatic rings. The summed E-state index contributed by atoms with van der Waals surface area (Å²) < 4.78 is 5.69. The van der Waals surface area contributed by atoms with Gasteiger partial charge in [0, 0.05) is 35.6 Å². The van der Waals surface area contributed by atoms with Crippen molar-refractivity contribution in [1.82, 2.24) is 0 Å². The number of benzene rings is 2. The van der Waals surface area contributed by atoms with Crippen molar-refractivity contribution in [2.75, 3.05) is 22.1 Å². The van der Waals surface area contributed by atoms with Gasteiger partial charge in [-0.15, -0.1) is 0 Å². The van der Waals surface area contributed by atoms with Gasteiger partial charge in [-0.2, -0.15) is 0 Å². The highest BCUT2D eigenvalue weighted by atomic mass is 79.9. The van der Waals surface area contributed by atoms with E-state index in [2.05, 4.69) is 26.6 Å². The van der Waals surface area contributed by atoms with Gasteiger partial charge in [0.25, 0.3) is 11.8 Å². The molecule has 0 saturated carbocycles. The van der Waals surface area contributed by atoms with Gasteiger partial charge in [-0.05, 0) is 83.4 Å². The number of piperidine rings is 1. The molecule has 1 aliphatic heterocycles. The molecule has 1 aromatic heterocycles. The van der Waals surface area contributed by atoms with Crippen molar-refractivity contribution in [3.63, 3.8) is 0 Å². The molecule has 2 heterocycles. The van der Waals surface area contributed by atoms with E-state index in [9.17, 15) is 14.4 Å². The number of anilines is 3. The summed E-state index contributed by atoms with van der Waals surface area (Å²) >= 11 is 3.16. The number of hydrogen-bond acceptors (Lipinski definition) is 4. The molecule has 3 amide bonds. The molecule has 0 spiro atoms. The van der Waals surface area contributed by atoms with Crippen molar-refractivity contribution < 1.29 is 18.8 Å². The Hall–Kier alpha value is -3.39. The average Bonchev–Trinajstić information content (AvgIpc) is 3.21. The summed E-state index contributed by atoms with van der Waals surface area (Å²) in [6.45, 7) is 0.693. The maximum absolute atomic E-state index is 12.6. The molecule has 0 bridgehead atoms. The van der Waals surface area contributed by atoms with E-state index in [-0.39, 0.29) is 23.5 Å². The second-order valence-electron chi connectivity index (χ2n) is 7.14. The largest absolute Gasteiger partial charge is 0.444 e. The third kappa shape index (κ3) is 5.03. The molecular formula is C23H20BrN3O4. The molecule has 1 fully saturated rings. The standard InChI is InChI=1S/C23H20BrN3O4/c24-20-12-11-19(31-20)23(30)25-16-9-7-15(8-10-16)22(29)26-17-4-3-5-18(14-17)27-13-2-1-6-21(27)28/h3-5,7-12,14H,1-2,6,13H2,(H,25,30)(H,26,29). The first-order chi connectivity index (χ1) is 15.0. The smallest absolute Gasteiger partial charge is 0.291 e. The van der Waals surface area contributed by atoms with Crippen LogP contribution in [-0.2, 0) is 4.79 Å². The number of nitrogens with zero attached hydrogens (tertiary/aromatic N) is 1. The average molecular weight is 482 g/mol. The Morgan fingerprint density at radius 3 is 2.39 bits per heavy atom. The maximum atomic E-state index is 12.6. The zero-order chi connectivity index (χ0) is 21.8. The van der Waals surface area contributed by atoms with Gasteiger partial charge in [0.15, 0.2) is 10.4 Å². The second kappa shape index (κ2) is 9.18. The number of rotatable bonds is 5. The van der Waals surface area contributed by atoms with Crippen LogP contribution in [0, 0.1) is 0 Å². The van der Waals surface area contributed by atoms with E-state index in [0.29, 0.717) is 34.6 Å². The number of hydrogen-bond donors (Lipinski definition) is 2. The first-order valence-electron chi connectivity index (χ1n) is 9.88. The quantitative estimate of drug-likeness (QED) is 0.532. The van der Waals surface area contributed by atoms with Crippen LogP contribution in [0.1, 0.15) is 40.2 Å². The fraction of sp³-hybridized carbons (Fsp3) is 0.174. The highest BCUT2D eigenvalue weighted by Gasteiger charge is 2.20. The Bertz CT molecular complexity index is 1120. The third-order valence-electron chi connectivity index (χ3n) is 4.94. The van der Waals surface area contributed by atoms with E-state index in [1.807, 2.05) is 12.1 Å². The van der Waals surface area contributed by atoms with Crippen LogP contribution in [0.5, 0.6) is 0 Å². The van der Waals surface area contributed by atoms with Crippen LogP contribution < -0.4 is 15.5 Å². The van der Waals surface area contributed by atoms with E-state index < -0.39 is 0 Å². The molecule has 31 heavy (non-hydrogen) atoms. The van der Waals surface area contributed by atoms with Crippen molar-refractivity contribution in [1.29, 1.82) is 0 Å². The summed E-state index contributed by atoms with van der Waals surface area (Å²) in [5.74, 6) is -0.378. The van der Waals surface area contributed by atoms with Gasteiger partial charge in [0.05, 0.1) is 0 Å². The number of halogens is 1. The number of carbonyl (C=O) groups is 3. The topological polar surface area (TPSA) is 91.7 Å². The lowest BCUT2D eigenvalue weighted by atomic mass is 10.1. The predicted octanol–water partition coefficient (Wildman–Crippen LogP) is 5.06. The van der Waals surface area contributed by atoms with Gasteiger partial charge in [0.1, 0.15) is 0 Å². The molecular weight excluding hydrogens is 462 g/mol. The second-order valence-corrected chi connectivity index (χ2v) is 7.92. The monoisotopic (exact) mass is 481 g/mol. The molecule has 0 atom stereocenters. The molecule has 0 unspecified atom stereocenters. The maximum Gasteiger partial charge on any atom is 0.291 e. The normalized spacial score (nSPS) is 13.7. The zero-order valence-electron chi connectivity index (χ0n) is 16.6. The van der Waals surface area contributed by atoms with Crippen molar-refractivity contribution in [2.24, 2.45) is 0 Å². The molecule has 1 saturated heterocycles. The molecule has 0 radical (unpaired) electrons. The number of carbonyl (C=O) groups excluding carboxylic acids is 3. The zero-order valence-corrected chi connectivity index (χ0v) is 18.1. The molecule has 8 heteroatoms. The van der Waals surface area contributed by atoms with Gasteiger partial charge in [0.2, 0.25) is 5.91 Å². The van der Waals surface area contributed by atoms with E-state index >= 15 is 0 Å². The van der Waals surface area contributed by atoms with Crippen LogP contribution in [0.15, 0.2) is 69.8 Å². The van der Waals surface area contributed by atoms with E-state index in [1.165, 1.54) is 0 Å². The van der Waals surface area contributed by atoms with Gasteiger partial charge >= 0.3 is 0 Å². The lowest BCUT2D eigenvalue weighted by Gasteiger charge is -2.27. The lowest BCUT2D eigenvalue weighted by molar-refractivity contribution is -0.119. The third-order valence-corrected chi connectivity index (χ3v) is 5.37. The SMILES string of the molecule is O=C(Nc1cccc(N2CCCCC2=O)c1)c1ccc(NC(=O)c2ccc(Br)o2)cc1. The van der Waals surface area contributed by atoms with Crippen LogP contribution in [0.25, 0.3) is 0 Å². The Morgan fingerprint density at radius 1 is 0.903 bits per heavy atom. The summed E-state index contributed by atoms with van der Waals surface area (Å²) in [6.07, 6.45) is 2.44. The highest BCUT2D eigenvalue weighted by Crippen LogP contribution is 2.24. The van der Waals surface area contributed by atoms with Crippen molar-refractivity contribution in [2.45, 2.75) is 19.3 Å². The number of amides is 3. The fourth-order valence-corrected chi connectivity index (χ4v) is 3.67. The molecule has 7 nitrogen and oxygen atoms in total. The summed E-state index contributed by atoms with van der Waals surface area (Å²) in [7, 11) is 0. The fourth-order valence-electron chi connectivity index (χ4n) is 3.37. The minimum atomic E-state index is -0.382. The van der Waals surface area contributed by atoms with E-state index in [4.69, 9.17) is 4.42 Å². The van der Waals surface area contributed by atoms with Gasteiger partial charge in [-0.3, -0.25) is 14.4 Å². The Morgan fingerprint density at radius 2 is 1.68 bits per heavy atom. The van der Waals surface area contributed by atoms with Crippen LogP contribution in [0.4, 0.5) is 17.1 Å². The van der Waals surface area contributed by atoms with Crippen molar-refractivity contribution in [3.8, 4) is 0 Å². The lowest BCUT2D eigenvalue weighted by Crippen LogP contribution is -2.35. The summed E-state index contributed by atoms with van der Waals surface area (Å²) in [5, 5.41) is 5.57. The van der Waals surface area contributed by atoms with Crippen LogP contribution in [-0.4, -0.2) is 24.3 Å². The summed E-state index contributed by atoms with van der Waals surface area (Å²) in [6, 6.07) is 17.0. The number of nitrogens with one attached hydrogen (secondary N) is 2. The van der Waals surface area contributed by atoms with Crippen LogP contribution >= 0.6 is 15.9 Å². The first-order valence-corrected chi connectivity index (χ1v) is 10.7. The van der Waals surface area contributed by atoms with E-state index in [0.717, 1.165) is 18.5 Å². The highest BCUT2D eigenvalue weighted by molar-refractivity contribution is 9.10. The first kappa shape index (κ1) is 20.9. The van der Waals surface area contributed by atoms with Crippen LogP contribution in [0.3, 0.4) is 0 Å². The molecule has 3 aromatic rings. The Kier molecular flexibility index (Phi) is 6.18. The number of furan rings is 1. The predicted molar refractivity (Wildman–Crippen MR) is 121 cm³/mol. The minimum absolute atomic E-state index is 0.106. The summed E-state index contributed by atoms with van der Waals surface area (Å²) in [4.78, 5) is 38.7. The van der Waals surface area contributed by atoms with Gasteiger partial charge in [-0.1, -0.05) is 6.07 Å². The van der Waals surface area contributed by atoms with E-state index in [1.54, 1.807) is 53.4 Å². The molecule has 4 rings (SSSR count). The Balaban J connectivity index is 1.40. The van der Waals surface area contributed by atoms with Crippen LogP contribution in [0.2, 0.25) is 0 Å². The van der Waals surface area contributed by atoms with Gasteiger partial charge < -0.3 is 20.0 Å².